The third kappa shape index (κ3) is 1.83. The Morgan fingerprint density at radius 3 is 2.47 bits per heavy atom. The second kappa shape index (κ2) is 3.75. The van der Waals surface area contributed by atoms with Crippen molar-refractivity contribution in [3.8, 4) is 0 Å². The lowest BCUT2D eigenvalue weighted by molar-refractivity contribution is 0.0691. The van der Waals surface area contributed by atoms with Crippen molar-refractivity contribution in [2.24, 2.45) is 4.99 Å². The summed E-state index contributed by atoms with van der Waals surface area (Å²) in [6.45, 7) is 0. The first-order valence-corrected chi connectivity index (χ1v) is 4.82. The molecule has 1 fully saturated rings. The van der Waals surface area contributed by atoms with Gasteiger partial charge in [0, 0.05) is 5.56 Å². The number of hydrogen-bond acceptors (Lipinski definition) is 3. The van der Waals surface area contributed by atoms with Gasteiger partial charge in [0.2, 0.25) is 6.08 Å². The minimum atomic E-state index is -1.54. The molecule has 88 valence electrons. The van der Waals surface area contributed by atoms with Crippen molar-refractivity contribution < 1.29 is 23.5 Å². The lowest BCUT2D eigenvalue weighted by Gasteiger charge is -2.10. The Morgan fingerprint density at radius 1 is 1.35 bits per heavy atom. The SMILES string of the molecule is O=C=NC1(c2cc(F)c(C(=O)O)cc2F)CC1. The molecule has 6 heteroatoms. The van der Waals surface area contributed by atoms with E-state index in [1.54, 1.807) is 0 Å². The van der Waals surface area contributed by atoms with Gasteiger partial charge in [-0.3, -0.25) is 0 Å². The summed E-state index contributed by atoms with van der Waals surface area (Å²) in [6.07, 6.45) is 2.17. The number of rotatable bonds is 3. The largest absolute Gasteiger partial charge is 0.478 e. The van der Waals surface area contributed by atoms with Crippen LogP contribution >= 0.6 is 0 Å². The van der Waals surface area contributed by atoms with Crippen molar-refractivity contribution in [2.75, 3.05) is 0 Å². The maximum Gasteiger partial charge on any atom is 0.338 e. The molecule has 2 rings (SSSR count). The predicted octanol–water partition coefficient (Wildman–Crippen LogP) is 1.99. The van der Waals surface area contributed by atoms with Crippen LogP contribution in [0.25, 0.3) is 0 Å². The Bertz CT molecular complexity index is 546. The highest BCUT2D eigenvalue weighted by atomic mass is 19.1. The molecule has 0 unspecified atom stereocenters. The van der Waals surface area contributed by atoms with Crippen molar-refractivity contribution >= 4 is 12.0 Å². The lowest BCUT2D eigenvalue weighted by Crippen LogP contribution is -2.10. The Kier molecular flexibility index (Phi) is 2.52. The molecule has 1 aliphatic carbocycles. The number of carboxylic acids is 1. The standard InChI is InChI=1S/C11H7F2NO3/c12-8-4-7(11(1-2-11)14-5-15)9(13)3-6(8)10(16)17/h3-4H,1-2H2,(H,16,17). The topological polar surface area (TPSA) is 66.7 Å². The van der Waals surface area contributed by atoms with Gasteiger partial charge in [0.05, 0.1) is 5.56 Å². The minimum absolute atomic E-state index is 0.0941. The zero-order valence-electron chi connectivity index (χ0n) is 8.54. The maximum atomic E-state index is 13.6. The average molecular weight is 239 g/mol. The summed E-state index contributed by atoms with van der Waals surface area (Å²) in [6, 6.07) is 1.39. The van der Waals surface area contributed by atoms with Gasteiger partial charge < -0.3 is 5.11 Å². The second-order valence-electron chi connectivity index (χ2n) is 3.85. The molecule has 4 nitrogen and oxygen atoms in total. The van der Waals surface area contributed by atoms with Crippen LogP contribution in [-0.4, -0.2) is 17.2 Å². The zero-order chi connectivity index (χ0) is 12.6. The van der Waals surface area contributed by atoms with E-state index in [0.29, 0.717) is 18.9 Å². The number of hydrogen-bond donors (Lipinski definition) is 1. The van der Waals surface area contributed by atoms with Crippen molar-refractivity contribution in [2.45, 2.75) is 18.4 Å². The summed E-state index contributed by atoms with van der Waals surface area (Å²) in [5.74, 6) is -3.46. The van der Waals surface area contributed by atoms with Gasteiger partial charge in [0.1, 0.15) is 17.2 Å². The highest BCUT2D eigenvalue weighted by Gasteiger charge is 2.47. The molecule has 1 aromatic rings. The number of aliphatic imine (C=N–C) groups is 1. The highest BCUT2D eigenvalue weighted by Crippen LogP contribution is 2.50. The van der Waals surface area contributed by atoms with Gasteiger partial charge in [-0.25, -0.2) is 18.4 Å². The van der Waals surface area contributed by atoms with Gasteiger partial charge in [0.25, 0.3) is 0 Å². The van der Waals surface area contributed by atoms with Gasteiger partial charge >= 0.3 is 5.97 Å². The first-order chi connectivity index (χ1) is 8.00. The highest BCUT2D eigenvalue weighted by molar-refractivity contribution is 5.88. The van der Waals surface area contributed by atoms with Crippen molar-refractivity contribution in [1.82, 2.24) is 0 Å². The van der Waals surface area contributed by atoms with Gasteiger partial charge in [0.15, 0.2) is 0 Å². The van der Waals surface area contributed by atoms with E-state index < -0.39 is 28.7 Å². The molecule has 1 aliphatic rings. The van der Waals surface area contributed by atoms with Crippen LogP contribution in [0.5, 0.6) is 0 Å². The molecule has 0 spiro atoms. The molecule has 1 aromatic carbocycles. The molecular weight excluding hydrogens is 232 g/mol. The van der Waals surface area contributed by atoms with E-state index in [-0.39, 0.29) is 5.56 Å². The fourth-order valence-electron chi connectivity index (χ4n) is 1.71. The van der Waals surface area contributed by atoms with Crippen LogP contribution in [0.4, 0.5) is 8.78 Å². The van der Waals surface area contributed by atoms with Gasteiger partial charge in [-0.15, -0.1) is 0 Å². The van der Waals surface area contributed by atoms with Gasteiger partial charge in [-0.1, -0.05) is 0 Å². The Labute approximate surface area is 94.6 Å². The molecule has 0 amide bonds. The smallest absolute Gasteiger partial charge is 0.338 e. The van der Waals surface area contributed by atoms with Crippen molar-refractivity contribution in [3.05, 3.63) is 34.9 Å². The monoisotopic (exact) mass is 239 g/mol. The van der Waals surface area contributed by atoms with Gasteiger partial charge in [-0.2, -0.15) is 4.99 Å². The number of halogens is 2. The van der Waals surface area contributed by atoms with Crippen molar-refractivity contribution in [3.63, 3.8) is 0 Å². The predicted molar refractivity (Wildman–Crippen MR) is 52.4 cm³/mol. The van der Waals surface area contributed by atoms with E-state index in [9.17, 15) is 18.4 Å². The molecule has 0 aromatic heterocycles. The third-order valence-electron chi connectivity index (χ3n) is 2.77. The number of benzene rings is 1. The van der Waals surface area contributed by atoms with Gasteiger partial charge in [-0.05, 0) is 25.0 Å². The fraction of sp³-hybridized carbons (Fsp3) is 0.273. The number of carbonyl (C=O) groups excluding carboxylic acids is 1. The minimum Gasteiger partial charge on any atom is -0.478 e. The van der Waals surface area contributed by atoms with Crippen LogP contribution in [0.15, 0.2) is 17.1 Å². The Hall–Kier alpha value is -2.07. The normalized spacial score (nSPS) is 16.1. The second-order valence-corrected chi connectivity index (χ2v) is 3.85. The fourth-order valence-corrected chi connectivity index (χ4v) is 1.71. The summed E-state index contributed by atoms with van der Waals surface area (Å²) in [7, 11) is 0. The number of aromatic carboxylic acids is 1. The molecule has 1 saturated carbocycles. The Morgan fingerprint density at radius 2 is 2.00 bits per heavy atom. The molecule has 0 atom stereocenters. The lowest BCUT2D eigenvalue weighted by atomic mass is 10.0. The number of isocyanates is 1. The molecule has 0 heterocycles. The third-order valence-corrected chi connectivity index (χ3v) is 2.77. The number of carboxylic acid groups (broad SMARTS) is 1. The Balaban J connectivity index is 2.55. The summed E-state index contributed by atoms with van der Waals surface area (Å²) < 4.78 is 27.0. The summed E-state index contributed by atoms with van der Waals surface area (Å²) in [4.78, 5) is 24.2. The molecule has 0 aliphatic heterocycles. The van der Waals surface area contributed by atoms with Crippen LogP contribution in [0, 0.1) is 11.6 Å². The van der Waals surface area contributed by atoms with Crippen LogP contribution in [0.1, 0.15) is 28.8 Å². The van der Waals surface area contributed by atoms with Crippen LogP contribution in [-0.2, 0) is 10.3 Å². The summed E-state index contributed by atoms with van der Waals surface area (Å²) in [5.41, 5.74) is -1.88. The molecular formula is C11H7F2NO3. The van der Waals surface area contributed by atoms with Crippen LogP contribution in [0.2, 0.25) is 0 Å². The zero-order valence-corrected chi connectivity index (χ0v) is 8.54. The van der Waals surface area contributed by atoms with E-state index in [2.05, 4.69) is 4.99 Å². The summed E-state index contributed by atoms with van der Waals surface area (Å²) >= 11 is 0. The summed E-state index contributed by atoms with van der Waals surface area (Å²) in [5, 5.41) is 8.61. The van der Waals surface area contributed by atoms with Crippen LogP contribution in [0.3, 0.4) is 0 Å². The van der Waals surface area contributed by atoms with E-state index in [1.807, 2.05) is 0 Å². The number of nitrogens with zero attached hydrogens (tertiary/aromatic N) is 1. The van der Waals surface area contributed by atoms with E-state index in [1.165, 1.54) is 6.08 Å². The molecule has 0 radical (unpaired) electrons. The quantitative estimate of drug-likeness (QED) is 0.647. The van der Waals surface area contributed by atoms with E-state index >= 15 is 0 Å². The van der Waals surface area contributed by atoms with E-state index in [4.69, 9.17) is 5.11 Å². The molecule has 17 heavy (non-hydrogen) atoms. The van der Waals surface area contributed by atoms with Crippen LogP contribution < -0.4 is 0 Å². The van der Waals surface area contributed by atoms with Crippen molar-refractivity contribution in [1.29, 1.82) is 0 Å². The molecule has 0 saturated heterocycles. The maximum absolute atomic E-state index is 13.6. The van der Waals surface area contributed by atoms with E-state index in [0.717, 1.165) is 6.07 Å². The average Bonchev–Trinajstić information content (AvgIpc) is 3.02. The molecule has 0 bridgehead atoms. The first-order valence-electron chi connectivity index (χ1n) is 4.82. The first kappa shape index (κ1) is 11.4. The molecule has 1 N–H and O–H groups in total. The number of carbonyl (C=O) groups is 1.